The van der Waals surface area contributed by atoms with E-state index in [1.165, 1.54) is 6.08 Å². The molecule has 3 heteroatoms. The molecule has 1 aliphatic rings. The van der Waals surface area contributed by atoms with Gasteiger partial charge in [0, 0.05) is 13.2 Å². The molecule has 1 amide bonds. The molecule has 18 heavy (non-hydrogen) atoms. The highest BCUT2D eigenvalue weighted by Crippen LogP contribution is 2.29. The SMILES string of the molecule is C=CC(=O)NC(c1ccccc1)C1CCOCC1. The van der Waals surface area contributed by atoms with Crippen molar-refractivity contribution in [1.29, 1.82) is 0 Å². The molecule has 1 saturated heterocycles. The smallest absolute Gasteiger partial charge is 0.243 e. The van der Waals surface area contributed by atoms with Crippen LogP contribution in [0.25, 0.3) is 0 Å². The minimum Gasteiger partial charge on any atom is -0.381 e. The van der Waals surface area contributed by atoms with Crippen LogP contribution in [0.4, 0.5) is 0 Å². The van der Waals surface area contributed by atoms with Gasteiger partial charge in [-0.05, 0) is 30.4 Å². The summed E-state index contributed by atoms with van der Waals surface area (Å²) in [7, 11) is 0. The van der Waals surface area contributed by atoms with Crippen molar-refractivity contribution in [1.82, 2.24) is 5.32 Å². The van der Waals surface area contributed by atoms with E-state index in [0.29, 0.717) is 5.92 Å². The van der Waals surface area contributed by atoms with Crippen LogP contribution in [0, 0.1) is 5.92 Å². The minimum atomic E-state index is -0.115. The first-order chi connectivity index (χ1) is 8.81. The van der Waals surface area contributed by atoms with Gasteiger partial charge in [0.1, 0.15) is 0 Å². The van der Waals surface area contributed by atoms with Crippen LogP contribution in [-0.4, -0.2) is 19.1 Å². The summed E-state index contributed by atoms with van der Waals surface area (Å²) in [5.74, 6) is 0.320. The number of amides is 1. The topological polar surface area (TPSA) is 38.3 Å². The summed E-state index contributed by atoms with van der Waals surface area (Å²) in [6.07, 6.45) is 3.29. The van der Waals surface area contributed by atoms with Crippen LogP contribution < -0.4 is 5.32 Å². The lowest BCUT2D eigenvalue weighted by Crippen LogP contribution is -2.35. The van der Waals surface area contributed by atoms with Crippen molar-refractivity contribution < 1.29 is 9.53 Å². The van der Waals surface area contributed by atoms with Crippen LogP contribution >= 0.6 is 0 Å². The van der Waals surface area contributed by atoms with E-state index in [1.54, 1.807) is 0 Å². The number of benzene rings is 1. The molecule has 1 aromatic rings. The second-order valence-electron chi connectivity index (χ2n) is 4.55. The highest BCUT2D eigenvalue weighted by atomic mass is 16.5. The van der Waals surface area contributed by atoms with Gasteiger partial charge in [-0.2, -0.15) is 0 Å². The van der Waals surface area contributed by atoms with Crippen molar-refractivity contribution in [2.24, 2.45) is 5.92 Å². The number of hydrogen-bond donors (Lipinski definition) is 1. The van der Waals surface area contributed by atoms with Gasteiger partial charge >= 0.3 is 0 Å². The Balaban J connectivity index is 2.16. The van der Waals surface area contributed by atoms with E-state index in [0.717, 1.165) is 31.6 Å². The minimum absolute atomic E-state index is 0.0561. The lowest BCUT2D eigenvalue weighted by Gasteiger charge is -2.31. The first kappa shape index (κ1) is 12.8. The molecule has 1 heterocycles. The quantitative estimate of drug-likeness (QED) is 0.827. The van der Waals surface area contributed by atoms with Crippen molar-refractivity contribution >= 4 is 5.91 Å². The molecule has 1 fully saturated rings. The highest BCUT2D eigenvalue weighted by Gasteiger charge is 2.26. The van der Waals surface area contributed by atoms with E-state index in [1.807, 2.05) is 18.2 Å². The number of carbonyl (C=O) groups is 1. The molecule has 0 radical (unpaired) electrons. The van der Waals surface area contributed by atoms with Gasteiger partial charge < -0.3 is 10.1 Å². The summed E-state index contributed by atoms with van der Waals surface area (Å²) in [4.78, 5) is 11.6. The molecule has 96 valence electrons. The van der Waals surface area contributed by atoms with Crippen LogP contribution in [0.3, 0.4) is 0 Å². The van der Waals surface area contributed by atoms with Gasteiger partial charge in [0.2, 0.25) is 5.91 Å². The van der Waals surface area contributed by atoms with Crippen molar-refractivity contribution in [2.45, 2.75) is 18.9 Å². The largest absolute Gasteiger partial charge is 0.381 e. The van der Waals surface area contributed by atoms with Gasteiger partial charge in [0.15, 0.2) is 0 Å². The number of nitrogens with one attached hydrogen (secondary N) is 1. The maximum Gasteiger partial charge on any atom is 0.243 e. The Morgan fingerprint density at radius 2 is 2.00 bits per heavy atom. The van der Waals surface area contributed by atoms with Crippen LogP contribution in [0.1, 0.15) is 24.4 Å². The highest BCUT2D eigenvalue weighted by molar-refractivity contribution is 5.87. The Morgan fingerprint density at radius 1 is 1.33 bits per heavy atom. The molecule has 0 saturated carbocycles. The molecule has 0 aromatic heterocycles. The monoisotopic (exact) mass is 245 g/mol. The summed E-state index contributed by atoms with van der Waals surface area (Å²) < 4.78 is 5.38. The second-order valence-corrected chi connectivity index (χ2v) is 4.55. The summed E-state index contributed by atoms with van der Waals surface area (Å²) in [5.41, 5.74) is 1.15. The van der Waals surface area contributed by atoms with Crippen molar-refractivity contribution in [3.63, 3.8) is 0 Å². The fourth-order valence-corrected chi connectivity index (χ4v) is 2.40. The van der Waals surface area contributed by atoms with Gasteiger partial charge in [-0.1, -0.05) is 36.9 Å². The molecule has 2 rings (SSSR count). The van der Waals surface area contributed by atoms with Gasteiger partial charge in [-0.15, -0.1) is 0 Å². The molecule has 1 aliphatic heterocycles. The lowest BCUT2D eigenvalue weighted by atomic mass is 9.87. The van der Waals surface area contributed by atoms with E-state index in [9.17, 15) is 4.79 Å². The summed E-state index contributed by atoms with van der Waals surface area (Å²) in [6.45, 7) is 5.07. The summed E-state index contributed by atoms with van der Waals surface area (Å²) in [5, 5.41) is 3.04. The Bertz CT molecular complexity index is 396. The Kier molecular flexibility index (Phi) is 4.53. The maximum absolute atomic E-state index is 11.6. The molecule has 3 nitrogen and oxygen atoms in total. The van der Waals surface area contributed by atoms with Gasteiger partial charge in [0.05, 0.1) is 6.04 Å². The van der Waals surface area contributed by atoms with Crippen molar-refractivity contribution in [3.8, 4) is 0 Å². The third kappa shape index (κ3) is 3.20. The first-order valence-electron chi connectivity index (χ1n) is 6.37. The van der Waals surface area contributed by atoms with Crippen LogP contribution in [0.2, 0.25) is 0 Å². The molecule has 1 atom stereocenters. The average Bonchev–Trinajstić information content (AvgIpc) is 2.46. The number of hydrogen-bond acceptors (Lipinski definition) is 2. The van der Waals surface area contributed by atoms with Gasteiger partial charge in [0.25, 0.3) is 0 Å². The zero-order valence-electron chi connectivity index (χ0n) is 10.5. The van der Waals surface area contributed by atoms with E-state index < -0.39 is 0 Å². The Morgan fingerprint density at radius 3 is 2.61 bits per heavy atom. The number of carbonyl (C=O) groups excluding carboxylic acids is 1. The predicted molar refractivity (Wildman–Crippen MR) is 71.1 cm³/mol. The van der Waals surface area contributed by atoms with Crippen molar-refractivity contribution in [3.05, 3.63) is 48.6 Å². The molecule has 1 aromatic carbocycles. The van der Waals surface area contributed by atoms with E-state index in [2.05, 4.69) is 24.0 Å². The van der Waals surface area contributed by atoms with E-state index in [-0.39, 0.29) is 11.9 Å². The van der Waals surface area contributed by atoms with E-state index in [4.69, 9.17) is 4.74 Å². The zero-order chi connectivity index (χ0) is 12.8. The third-order valence-electron chi connectivity index (χ3n) is 3.38. The molecule has 0 spiro atoms. The third-order valence-corrected chi connectivity index (χ3v) is 3.38. The molecule has 0 bridgehead atoms. The molecular formula is C15H19NO2. The molecule has 1 N–H and O–H groups in total. The fourth-order valence-electron chi connectivity index (χ4n) is 2.40. The number of rotatable bonds is 4. The van der Waals surface area contributed by atoms with Gasteiger partial charge in [-0.25, -0.2) is 0 Å². The molecule has 0 aliphatic carbocycles. The fraction of sp³-hybridized carbons (Fsp3) is 0.400. The van der Waals surface area contributed by atoms with Crippen LogP contribution in [0.15, 0.2) is 43.0 Å². The van der Waals surface area contributed by atoms with E-state index >= 15 is 0 Å². The van der Waals surface area contributed by atoms with Crippen LogP contribution in [-0.2, 0) is 9.53 Å². The average molecular weight is 245 g/mol. The maximum atomic E-state index is 11.6. The second kappa shape index (κ2) is 6.36. The lowest BCUT2D eigenvalue weighted by molar-refractivity contribution is -0.117. The predicted octanol–water partition coefficient (Wildman–Crippen LogP) is 2.46. The van der Waals surface area contributed by atoms with Crippen molar-refractivity contribution in [2.75, 3.05) is 13.2 Å². The van der Waals surface area contributed by atoms with Gasteiger partial charge in [-0.3, -0.25) is 4.79 Å². The summed E-state index contributed by atoms with van der Waals surface area (Å²) in [6, 6.07) is 10.2. The number of ether oxygens (including phenoxy) is 1. The normalized spacial score (nSPS) is 18.0. The zero-order valence-corrected chi connectivity index (χ0v) is 10.5. The Labute approximate surface area is 108 Å². The molecule has 1 unspecified atom stereocenters. The first-order valence-corrected chi connectivity index (χ1v) is 6.37. The summed E-state index contributed by atoms with van der Waals surface area (Å²) >= 11 is 0. The standard InChI is InChI=1S/C15H19NO2/c1-2-14(17)16-15(12-6-4-3-5-7-12)13-8-10-18-11-9-13/h2-7,13,15H,1,8-11H2,(H,16,17). The Hall–Kier alpha value is -1.61. The molecular weight excluding hydrogens is 226 g/mol. The van der Waals surface area contributed by atoms with Crippen LogP contribution in [0.5, 0.6) is 0 Å².